The van der Waals surface area contributed by atoms with Crippen molar-refractivity contribution in [2.45, 2.75) is 33.2 Å². The number of hydrogen-bond donors (Lipinski definition) is 0. The molecule has 0 saturated carbocycles. The molecule has 6 nitrogen and oxygen atoms in total. The smallest absolute Gasteiger partial charge is 0.266 e. The lowest BCUT2D eigenvalue weighted by Crippen LogP contribution is -2.38. The molecule has 0 aliphatic rings. The van der Waals surface area contributed by atoms with Crippen LogP contribution in [0.3, 0.4) is 0 Å². The van der Waals surface area contributed by atoms with Crippen LogP contribution in [-0.2, 0) is 11.2 Å². The molecule has 1 aromatic heterocycles. The van der Waals surface area contributed by atoms with Crippen LogP contribution in [0, 0.1) is 0 Å². The third-order valence-electron chi connectivity index (χ3n) is 5.91. The molecular formula is C28H29N3O3. The predicted molar refractivity (Wildman–Crippen MR) is 134 cm³/mol. The highest BCUT2D eigenvalue weighted by molar-refractivity contribution is 5.80. The molecule has 0 fully saturated rings. The first-order valence-electron chi connectivity index (χ1n) is 11.6. The molecule has 1 amide bonds. The van der Waals surface area contributed by atoms with Crippen molar-refractivity contribution in [3.05, 3.63) is 101 Å². The van der Waals surface area contributed by atoms with Crippen LogP contribution >= 0.6 is 0 Å². The van der Waals surface area contributed by atoms with Crippen molar-refractivity contribution in [2.75, 3.05) is 13.2 Å². The molecule has 0 saturated heterocycles. The Balaban J connectivity index is 1.86. The van der Waals surface area contributed by atoms with Crippen LogP contribution < -0.4 is 10.3 Å². The Morgan fingerprint density at radius 3 is 2.38 bits per heavy atom. The van der Waals surface area contributed by atoms with Gasteiger partial charge in [-0.1, -0.05) is 54.6 Å². The van der Waals surface area contributed by atoms with E-state index in [2.05, 4.69) is 0 Å². The predicted octanol–water partition coefficient (Wildman–Crippen LogP) is 4.94. The summed E-state index contributed by atoms with van der Waals surface area (Å²) >= 11 is 0. The van der Waals surface area contributed by atoms with Gasteiger partial charge in [-0.25, -0.2) is 4.98 Å². The molecule has 4 rings (SSSR count). The van der Waals surface area contributed by atoms with Gasteiger partial charge in [0.25, 0.3) is 5.56 Å². The maximum absolute atomic E-state index is 13.7. The van der Waals surface area contributed by atoms with Gasteiger partial charge in [-0.15, -0.1) is 0 Å². The highest BCUT2D eigenvalue weighted by Gasteiger charge is 2.26. The van der Waals surface area contributed by atoms with Gasteiger partial charge in [-0.2, -0.15) is 0 Å². The third kappa shape index (κ3) is 4.57. The van der Waals surface area contributed by atoms with Crippen LogP contribution in [0.15, 0.2) is 83.7 Å². The first-order chi connectivity index (χ1) is 16.5. The Bertz CT molecular complexity index is 1350. The van der Waals surface area contributed by atoms with E-state index in [1.807, 2.05) is 93.6 Å². The summed E-state index contributed by atoms with van der Waals surface area (Å²) in [5.74, 6) is 1.07. The zero-order valence-corrected chi connectivity index (χ0v) is 19.8. The molecule has 34 heavy (non-hydrogen) atoms. The van der Waals surface area contributed by atoms with E-state index in [0.717, 1.165) is 5.56 Å². The zero-order chi connectivity index (χ0) is 24.1. The average molecular weight is 456 g/mol. The lowest BCUT2D eigenvalue weighted by atomic mass is 10.1. The number of benzene rings is 3. The number of ether oxygens (including phenoxy) is 1. The van der Waals surface area contributed by atoms with Gasteiger partial charge in [0.15, 0.2) is 0 Å². The van der Waals surface area contributed by atoms with Gasteiger partial charge in [0.05, 0.1) is 35.7 Å². The zero-order valence-electron chi connectivity index (χ0n) is 19.8. The number of aromatic nitrogens is 2. The van der Waals surface area contributed by atoms with Gasteiger partial charge >= 0.3 is 0 Å². The van der Waals surface area contributed by atoms with Crippen LogP contribution in [0.25, 0.3) is 16.6 Å². The van der Waals surface area contributed by atoms with Crippen LogP contribution in [0.5, 0.6) is 5.75 Å². The number of amides is 1. The van der Waals surface area contributed by atoms with Gasteiger partial charge in [0.1, 0.15) is 11.6 Å². The van der Waals surface area contributed by atoms with Crippen molar-refractivity contribution in [1.82, 2.24) is 14.5 Å². The van der Waals surface area contributed by atoms with Gasteiger partial charge < -0.3 is 9.64 Å². The van der Waals surface area contributed by atoms with E-state index >= 15 is 0 Å². The van der Waals surface area contributed by atoms with Crippen LogP contribution in [0.2, 0.25) is 0 Å². The molecule has 6 heteroatoms. The summed E-state index contributed by atoms with van der Waals surface area (Å²) in [4.78, 5) is 33.7. The lowest BCUT2D eigenvalue weighted by Gasteiger charge is -2.30. The molecule has 0 bridgehead atoms. The summed E-state index contributed by atoms with van der Waals surface area (Å²) < 4.78 is 7.43. The van der Waals surface area contributed by atoms with Crippen LogP contribution in [0.1, 0.15) is 38.2 Å². The number of para-hydroxylation sites is 3. The maximum Gasteiger partial charge on any atom is 0.266 e. The van der Waals surface area contributed by atoms with Gasteiger partial charge in [-0.3, -0.25) is 14.2 Å². The number of carbonyl (C=O) groups excluding carboxylic acids is 1. The number of nitrogens with zero attached hydrogens (tertiary/aromatic N) is 3. The van der Waals surface area contributed by atoms with E-state index in [4.69, 9.17) is 9.72 Å². The molecule has 0 aliphatic heterocycles. The minimum Gasteiger partial charge on any atom is -0.492 e. The number of likely N-dealkylation sites (N-methyl/N-ethyl adjacent to an activating group) is 1. The highest BCUT2D eigenvalue weighted by Crippen LogP contribution is 2.28. The minimum atomic E-state index is -0.437. The van der Waals surface area contributed by atoms with Gasteiger partial charge in [0.2, 0.25) is 5.91 Å². The molecule has 0 N–H and O–H groups in total. The second kappa shape index (κ2) is 10.3. The normalized spacial score (nSPS) is 11.9. The van der Waals surface area contributed by atoms with Crippen molar-refractivity contribution in [1.29, 1.82) is 0 Å². The van der Waals surface area contributed by atoms with E-state index in [9.17, 15) is 9.59 Å². The summed E-state index contributed by atoms with van der Waals surface area (Å²) in [7, 11) is 0. The monoisotopic (exact) mass is 455 g/mol. The summed E-state index contributed by atoms with van der Waals surface area (Å²) in [5, 5.41) is 0.517. The van der Waals surface area contributed by atoms with Gasteiger partial charge in [-0.05, 0) is 50.6 Å². The number of rotatable bonds is 8. The van der Waals surface area contributed by atoms with E-state index in [1.54, 1.807) is 15.5 Å². The second-order valence-electron chi connectivity index (χ2n) is 8.05. The maximum atomic E-state index is 13.7. The first-order valence-corrected chi connectivity index (χ1v) is 11.6. The number of hydrogen-bond acceptors (Lipinski definition) is 4. The van der Waals surface area contributed by atoms with Gasteiger partial charge in [0, 0.05) is 6.54 Å². The standard InChI is InChI=1S/C28H29N3O3/c1-4-30(26(32)19-21-13-7-6-8-14-21)20(3)27-29-23-16-10-9-15-22(23)28(33)31(27)24-17-11-12-18-25(24)34-5-2/h6-18,20H,4-5,19H2,1-3H3. The topological polar surface area (TPSA) is 64.4 Å². The van der Waals surface area contributed by atoms with E-state index in [1.165, 1.54) is 0 Å². The Hall–Kier alpha value is -3.93. The molecule has 3 aromatic carbocycles. The van der Waals surface area contributed by atoms with Crippen molar-refractivity contribution in [3.63, 3.8) is 0 Å². The van der Waals surface area contributed by atoms with Crippen molar-refractivity contribution < 1.29 is 9.53 Å². The Morgan fingerprint density at radius 1 is 0.971 bits per heavy atom. The summed E-state index contributed by atoms with van der Waals surface area (Å²) in [5.41, 5.74) is 1.97. The van der Waals surface area contributed by atoms with Crippen LogP contribution in [0.4, 0.5) is 0 Å². The SMILES string of the molecule is CCOc1ccccc1-n1c(C(C)N(CC)C(=O)Cc2ccccc2)nc2ccccc2c1=O. The molecule has 1 atom stereocenters. The third-order valence-corrected chi connectivity index (χ3v) is 5.91. The fourth-order valence-corrected chi connectivity index (χ4v) is 4.26. The Labute approximate surface area is 199 Å². The summed E-state index contributed by atoms with van der Waals surface area (Å²) in [6, 6.07) is 24.0. The molecule has 1 unspecified atom stereocenters. The van der Waals surface area contributed by atoms with Crippen molar-refractivity contribution in [3.8, 4) is 11.4 Å². The van der Waals surface area contributed by atoms with Crippen LogP contribution in [-0.4, -0.2) is 33.5 Å². The fraction of sp³-hybridized carbons (Fsp3) is 0.250. The Morgan fingerprint density at radius 2 is 1.65 bits per heavy atom. The average Bonchev–Trinajstić information content (AvgIpc) is 2.86. The van der Waals surface area contributed by atoms with E-state index in [-0.39, 0.29) is 17.9 Å². The first kappa shape index (κ1) is 23.2. The van der Waals surface area contributed by atoms with Crippen molar-refractivity contribution in [2.24, 2.45) is 0 Å². The molecule has 1 heterocycles. The molecule has 0 radical (unpaired) electrons. The summed E-state index contributed by atoms with van der Waals surface area (Å²) in [6.45, 7) is 6.72. The largest absolute Gasteiger partial charge is 0.492 e. The molecule has 174 valence electrons. The molecule has 4 aromatic rings. The quantitative estimate of drug-likeness (QED) is 0.378. The highest BCUT2D eigenvalue weighted by atomic mass is 16.5. The number of carbonyl (C=O) groups is 1. The summed E-state index contributed by atoms with van der Waals surface area (Å²) in [6.07, 6.45) is 0.284. The second-order valence-corrected chi connectivity index (χ2v) is 8.05. The fourth-order valence-electron chi connectivity index (χ4n) is 4.26. The molecular weight excluding hydrogens is 426 g/mol. The minimum absolute atomic E-state index is 0.0201. The van der Waals surface area contributed by atoms with E-state index in [0.29, 0.717) is 41.3 Å². The van der Waals surface area contributed by atoms with Crippen molar-refractivity contribution >= 4 is 16.8 Å². The molecule has 0 spiro atoms. The molecule has 0 aliphatic carbocycles. The Kier molecular flexibility index (Phi) is 7.07. The lowest BCUT2D eigenvalue weighted by molar-refractivity contribution is -0.132. The number of fused-ring (bicyclic) bond motifs is 1. The van der Waals surface area contributed by atoms with E-state index < -0.39 is 6.04 Å².